The van der Waals surface area contributed by atoms with Crippen molar-refractivity contribution in [2.45, 2.75) is 26.4 Å². The third-order valence-corrected chi connectivity index (χ3v) is 6.09. The molecule has 0 fully saturated rings. The SMILES string of the molecule is Cc1ccc2cccc(OCc3c(Cl)ccc(N(C)C(=O)CN(CCCC(=O)O)C(N)=O)c3C#N)c2n1. The molecule has 192 valence electrons. The number of carboxylic acid groups (broad SMARTS) is 1. The number of nitriles is 1. The van der Waals surface area contributed by atoms with E-state index < -0.39 is 17.9 Å². The number of urea groups is 1. The number of likely N-dealkylation sites (N-methyl/N-ethyl adjacent to an activating group) is 1. The van der Waals surface area contributed by atoms with Crippen molar-refractivity contribution in [3.63, 3.8) is 0 Å². The zero-order chi connectivity index (χ0) is 27.1. The minimum absolute atomic E-state index is 0.00453. The van der Waals surface area contributed by atoms with Gasteiger partial charge >= 0.3 is 12.0 Å². The standard InChI is InChI=1S/C26H26ClN5O5/c1-16-8-9-17-5-3-6-22(25(17)30-16)37-15-19-18(13-28)21(11-10-20(19)27)31(2)23(33)14-32(26(29)36)12-4-7-24(34)35/h3,5-6,8-11H,4,7,12,14-15H2,1-2H3,(H2,29,36)(H,34,35). The third kappa shape index (κ3) is 6.65. The predicted molar refractivity (Wildman–Crippen MR) is 138 cm³/mol. The Bertz CT molecular complexity index is 1390. The molecule has 0 aliphatic rings. The molecule has 3 aromatic rings. The third-order valence-electron chi connectivity index (χ3n) is 5.73. The van der Waals surface area contributed by atoms with Crippen molar-refractivity contribution in [3.8, 4) is 11.8 Å². The predicted octanol–water partition coefficient (Wildman–Crippen LogP) is 3.86. The normalized spacial score (nSPS) is 10.5. The van der Waals surface area contributed by atoms with E-state index in [9.17, 15) is 19.6 Å². The van der Waals surface area contributed by atoms with Gasteiger partial charge in [0.1, 0.15) is 30.5 Å². The minimum atomic E-state index is -1.02. The molecule has 1 aromatic heterocycles. The van der Waals surface area contributed by atoms with Crippen LogP contribution in [-0.2, 0) is 16.2 Å². The van der Waals surface area contributed by atoms with Crippen molar-refractivity contribution in [2.24, 2.45) is 5.73 Å². The maximum Gasteiger partial charge on any atom is 0.315 e. The van der Waals surface area contributed by atoms with Gasteiger partial charge in [0.05, 0.1) is 11.3 Å². The second-order valence-electron chi connectivity index (χ2n) is 8.31. The van der Waals surface area contributed by atoms with Crippen LogP contribution in [0, 0.1) is 18.3 Å². The fourth-order valence-corrected chi connectivity index (χ4v) is 3.94. The summed E-state index contributed by atoms with van der Waals surface area (Å²) in [5.74, 6) is -1.01. The van der Waals surface area contributed by atoms with Crippen LogP contribution in [0.1, 0.15) is 29.7 Å². The molecule has 0 radical (unpaired) electrons. The van der Waals surface area contributed by atoms with E-state index in [1.807, 2.05) is 31.2 Å². The Balaban J connectivity index is 1.83. The molecule has 0 bridgehead atoms. The van der Waals surface area contributed by atoms with Crippen LogP contribution in [0.3, 0.4) is 0 Å². The van der Waals surface area contributed by atoms with Crippen molar-refractivity contribution in [1.82, 2.24) is 9.88 Å². The highest BCUT2D eigenvalue weighted by atomic mass is 35.5. The summed E-state index contributed by atoms with van der Waals surface area (Å²) in [6.07, 6.45) is -0.0254. The number of aryl methyl sites for hydroxylation is 1. The minimum Gasteiger partial charge on any atom is -0.487 e. The fourth-order valence-electron chi connectivity index (χ4n) is 3.73. The van der Waals surface area contributed by atoms with Gasteiger partial charge in [-0.15, -0.1) is 0 Å². The van der Waals surface area contributed by atoms with Gasteiger partial charge in [0.15, 0.2) is 0 Å². The summed E-state index contributed by atoms with van der Waals surface area (Å²) in [4.78, 5) is 42.3. The summed E-state index contributed by atoms with van der Waals surface area (Å²) in [5, 5.41) is 19.9. The van der Waals surface area contributed by atoms with Crippen LogP contribution in [0.15, 0.2) is 42.5 Å². The number of ether oxygens (including phenoxy) is 1. The van der Waals surface area contributed by atoms with Gasteiger partial charge in [0, 0.05) is 41.7 Å². The smallest absolute Gasteiger partial charge is 0.315 e. The topological polar surface area (TPSA) is 150 Å². The van der Waals surface area contributed by atoms with Crippen molar-refractivity contribution in [2.75, 3.05) is 25.0 Å². The summed E-state index contributed by atoms with van der Waals surface area (Å²) >= 11 is 6.42. The Kier molecular flexibility index (Phi) is 8.87. The summed E-state index contributed by atoms with van der Waals surface area (Å²) in [7, 11) is 1.46. The largest absolute Gasteiger partial charge is 0.487 e. The van der Waals surface area contributed by atoms with E-state index in [0.29, 0.717) is 16.8 Å². The number of rotatable bonds is 10. The number of hydrogen-bond acceptors (Lipinski definition) is 6. The van der Waals surface area contributed by atoms with Gasteiger partial charge in [-0.3, -0.25) is 9.59 Å². The molecular weight excluding hydrogens is 498 g/mol. The van der Waals surface area contributed by atoms with Crippen LogP contribution >= 0.6 is 11.6 Å². The molecule has 0 unspecified atom stereocenters. The van der Waals surface area contributed by atoms with Crippen LogP contribution in [-0.4, -0.2) is 53.0 Å². The number of anilines is 1. The number of nitrogens with zero attached hydrogens (tertiary/aromatic N) is 4. The molecule has 0 saturated carbocycles. The second kappa shape index (κ2) is 12.1. The van der Waals surface area contributed by atoms with E-state index >= 15 is 0 Å². The molecule has 0 saturated heterocycles. The molecule has 0 spiro atoms. The van der Waals surface area contributed by atoms with E-state index in [1.165, 1.54) is 18.0 Å². The maximum atomic E-state index is 13.0. The molecule has 0 aliphatic carbocycles. The number of carboxylic acids is 1. The van der Waals surface area contributed by atoms with Gasteiger partial charge in [0.25, 0.3) is 0 Å². The fraction of sp³-hybridized carbons (Fsp3) is 0.269. The van der Waals surface area contributed by atoms with Crippen molar-refractivity contribution >= 4 is 46.1 Å². The molecular formula is C26H26ClN5O5. The summed E-state index contributed by atoms with van der Waals surface area (Å²) in [6.45, 7) is 1.45. The van der Waals surface area contributed by atoms with Crippen LogP contribution in [0.2, 0.25) is 5.02 Å². The number of carbonyl (C=O) groups excluding carboxylic acids is 2. The van der Waals surface area contributed by atoms with Gasteiger partial charge < -0.3 is 25.4 Å². The lowest BCUT2D eigenvalue weighted by molar-refractivity contribution is -0.137. The van der Waals surface area contributed by atoms with Crippen molar-refractivity contribution in [3.05, 3.63) is 64.3 Å². The zero-order valence-corrected chi connectivity index (χ0v) is 21.2. The lowest BCUT2D eigenvalue weighted by Gasteiger charge is -2.25. The van der Waals surface area contributed by atoms with Gasteiger partial charge in [0.2, 0.25) is 5.91 Å². The number of amides is 3. The quantitative estimate of drug-likeness (QED) is 0.409. The Morgan fingerprint density at radius 2 is 1.95 bits per heavy atom. The highest BCUT2D eigenvalue weighted by Crippen LogP contribution is 2.31. The summed E-state index contributed by atoms with van der Waals surface area (Å²) < 4.78 is 6.02. The van der Waals surface area contributed by atoms with Gasteiger partial charge in [-0.1, -0.05) is 29.8 Å². The number of fused-ring (bicyclic) bond motifs is 1. The summed E-state index contributed by atoms with van der Waals surface area (Å²) in [6, 6.07) is 13.7. The molecule has 2 aromatic carbocycles. The average molecular weight is 524 g/mol. The Morgan fingerprint density at radius 1 is 1.19 bits per heavy atom. The molecule has 0 aliphatic heterocycles. The number of primary amides is 1. The molecule has 3 N–H and O–H groups in total. The molecule has 37 heavy (non-hydrogen) atoms. The van der Waals surface area contributed by atoms with Crippen LogP contribution in [0.4, 0.5) is 10.5 Å². The number of para-hydroxylation sites is 1. The number of carbonyl (C=O) groups is 3. The van der Waals surface area contributed by atoms with Gasteiger partial charge in [-0.2, -0.15) is 5.26 Å². The molecule has 11 heteroatoms. The number of aliphatic carboxylic acids is 1. The maximum absolute atomic E-state index is 13.0. The molecule has 10 nitrogen and oxygen atoms in total. The first kappa shape index (κ1) is 27.2. The Hall–Kier alpha value is -4.36. The molecule has 3 rings (SSSR count). The van der Waals surface area contributed by atoms with Crippen LogP contribution < -0.4 is 15.4 Å². The summed E-state index contributed by atoms with van der Waals surface area (Å²) in [5.41, 5.74) is 7.67. The molecule has 0 atom stereocenters. The van der Waals surface area contributed by atoms with Gasteiger partial charge in [-0.25, -0.2) is 9.78 Å². The molecule has 3 amide bonds. The average Bonchev–Trinajstić information content (AvgIpc) is 2.86. The van der Waals surface area contributed by atoms with E-state index in [-0.39, 0.29) is 48.8 Å². The first-order valence-electron chi connectivity index (χ1n) is 11.4. The highest BCUT2D eigenvalue weighted by Gasteiger charge is 2.23. The van der Waals surface area contributed by atoms with E-state index in [2.05, 4.69) is 11.1 Å². The lowest BCUT2D eigenvalue weighted by atomic mass is 10.1. The molecule has 1 heterocycles. The number of halogens is 1. The lowest BCUT2D eigenvalue weighted by Crippen LogP contribution is -2.44. The Labute approximate surface area is 218 Å². The first-order valence-corrected chi connectivity index (χ1v) is 11.7. The Morgan fingerprint density at radius 3 is 2.62 bits per heavy atom. The van der Waals surface area contributed by atoms with Crippen molar-refractivity contribution in [1.29, 1.82) is 5.26 Å². The van der Waals surface area contributed by atoms with Crippen LogP contribution in [0.25, 0.3) is 10.9 Å². The highest BCUT2D eigenvalue weighted by molar-refractivity contribution is 6.31. The number of benzene rings is 2. The van der Waals surface area contributed by atoms with Gasteiger partial charge in [-0.05, 0) is 37.6 Å². The van der Waals surface area contributed by atoms with Crippen molar-refractivity contribution < 1.29 is 24.2 Å². The zero-order valence-electron chi connectivity index (χ0n) is 20.4. The van der Waals surface area contributed by atoms with E-state index in [0.717, 1.165) is 16.0 Å². The van der Waals surface area contributed by atoms with E-state index in [1.54, 1.807) is 12.1 Å². The number of nitrogens with two attached hydrogens (primary N) is 1. The number of pyridine rings is 1. The number of hydrogen-bond donors (Lipinski definition) is 2. The number of aromatic nitrogens is 1. The first-order chi connectivity index (χ1) is 17.6. The van der Waals surface area contributed by atoms with Crippen LogP contribution in [0.5, 0.6) is 5.75 Å². The van der Waals surface area contributed by atoms with E-state index in [4.69, 9.17) is 27.2 Å². The second-order valence-corrected chi connectivity index (χ2v) is 8.72. The monoisotopic (exact) mass is 523 g/mol.